The van der Waals surface area contributed by atoms with E-state index in [1.165, 1.54) is 44.6 Å². The number of allylic oxidation sites excluding steroid dienone is 4. The van der Waals surface area contributed by atoms with E-state index in [0.717, 1.165) is 18.9 Å². The maximum Gasteiger partial charge on any atom is 0.328 e. The van der Waals surface area contributed by atoms with Crippen LogP contribution in [0.4, 0.5) is 0 Å². The first-order valence-electron chi connectivity index (χ1n) is 9.21. The molecule has 0 bridgehead atoms. The molecule has 1 rings (SSSR count). The molecule has 1 heterocycles. The van der Waals surface area contributed by atoms with Gasteiger partial charge in [0.25, 0.3) is 0 Å². The van der Waals surface area contributed by atoms with E-state index >= 15 is 0 Å². The number of ether oxygens (including phenoxy) is 1. The molecule has 2 N–H and O–H groups in total. The van der Waals surface area contributed by atoms with E-state index in [9.17, 15) is 9.90 Å². The van der Waals surface area contributed by atoms with Gasteiger partial charge >= 0.3 is 5.97 Å². The molecule has 0 aliphatic carbocycles. The lowest BCUT2D eigenvalue weighted by Crippen LogP contribution is -2.05. The molecule has 4 heteroatoms. The smallest absolute Gasteiger partial charge is 0.328 e. The van der Waals surface area contributed by atoms with Gasteiger partial charge in [-0.3, -0.25) is 0 Å². The van der Waals surface area contributed by atoms with Gasteiger partial charge in [-0.15, -0.1) is 0 Å². The van der Waals surface area contributed by atoms with E-state index in [2.05, 4.69) is 6.92 Å². The molecule has 3 atom stereocenters. The maximum atomic E-state index is 10.3. The Morgan fingerprint density at radius 2 is 1.67 bits per heavy atom. The summed E-state index contributed by atoms with van der Waals surface area (Å²) in [7, 11) is 0. The highest BCUT2D eigenvalue weighted by Crippen LogP contribution is 2.31. The Labute approximate surface area is 145 Å². The van der Waals surface area contributed by atoms with Crippen molar-refractivity contribution in [1.29, 1.82) is 0 Å². The monoisotopic (exact) mass is 336 g/mol. The summed E-state index contributed by atoms with van der Waals surface area (Å²) in [6.07, 6.45) is 20.2. The Kier molecular flexibility index (Phi) is 11.2. The van der Waals surface area contributed by atoms with Gasteiger partial charge in [0.2, 0.25) is 0 Å². The average molecular weight is 336 g/mol. The van der Waals surface area contributed by atoms with Crippen LogP contribution in [0, 0.1) is 0 Å². The lowest BCUT2D eigenvalue weighted by Gasteiger charge is -2.02. The summed E-state index contributed by atoms with van der Waals surface area (Å²) in [6.45, 7) is 2.24. The van der Waals surface area contributed by atoms with Crippen LogP contribution in [0.5, 0.6) is 0 Å². The zero-order valence-corrected chi connectivity index (χ0v) is 14.8. The quantitative estimate of drug-likeness (QED) is 0.213. The predicted octanol–water partition coefficient (Wildman–Crippen LogP) is 4.40. The topological polar surface area (TPSA) is 70.1 Å². The molecule has 4 nitrogen and oxygen atoms in total. The number of unbranched alkanes of at least 4 members (excludes halogenated alkanes) is 5. The molecule has 0 saturated carbocycles. The number of carboxylic acids is 1. The molecule has 0 radical (unpaired) electrons. The minimum atomic E-state index is -0.969. The first kappa shape index (κ1) is 20.7. The van der Waals surface area contributed by atoms with Crippen LogP contribution in [-0.2, 0) is 9.53 Å². The number of aliphatic hydroxyl groups excluding tert-OH is 1. The third-order valence-electron chi connectivity index (χ3n) is 4.18. The van der Waals surface area contributed by atoms with E-state index in [-0.39, 0.29) is 0 Å². The number of carbonyl (C=O) groups is 1. The van der Waals surface area contributed by atoms with Gasteiger partial charge in [-0.05, 0) is 19.3 Å². The molecular weight excluding hydrogens is 304 g/mol. The summed E-state index contributed by atoms with van der Waals surface area (Å²) in [5.41, 5.74) is 0. The minimum absolute atomic E-state index is 0.331. The van der Waals surface area contributed by atoms with E-state index < -0.39 is 12.1 Å². The third kappa shape index (κ3) is 11.2. The summed E-state index contributed by atoms with van der Waals surface area (Å²) in [5, 5.41) is 18.3. The largest absolute Gasteiger partial charge is 0.478 e. The molecule has 0 aromatic carbocycles. The Bertz CT molecular complexity index is 425. The van der Waals surface area contributed by atoms with Crippen LogP contribution in [0.3, 0.4) is 0 Å². The number of rotatable bonds is 14. The van der Waals surface area contributed by atoms with Crippen molar-refractivity contribution >= 4 is 5.97 Å². The first-order valence-corrected chi connectivity index (χ1v) is 9.21. The molecule has 1 saturated heterocycles. The average Bonchev–Trinajstić information content (AvgIpc) is 3.30. The van der Waals surface area contributed by atoms with Gasteiger partial charge in [0.1, 0.15) is 0 Å². The zero-order valence-electron chi connectivity index (χ0n) is 14.8. The second-order valence-electron chi connectivity index (χ2n) is 6.38. The van der Waals surface area contributed by atoms with Crippen LogP contribution >= 0.6 is 0 Å². The Morgan fingerprint density at radius 1 is 1.00 bits per heavy atom. The van der Waals surface area contributed by atoms with Gasteiger partial charge < -0.3 is 14.9 Å². The Morgan fingerprint density at radius 3 is 2.42 bits per heavy atom. The van der Waals surface area contributed by atoms with Crippen molar-refractivity contribution in [2.45, 2.75) is 83.0 Å². The first-order chi connectivity index (χ1) is 11.6. The molecule has 0 unspecified atom stereocenters. The number of aliphatic carboxylic acids is 1. The van der Waals surface area contributed by atoms with E-state index in [1.807, 2.05) is 0 Å². The van der Waals surface area contributed by atoms with Gasteiger partial charge in [-0.2, -0.15) is 0 Å². The van der Waals surface area contributed by atoms with Crippen molar-refractivity contribution in [2.75, 3.05) is 0 Å². The molecule has 1 aliphatic rings. The van der Waals surface area contributed by atoms with Crippen molar-refractivity contribution in [3.05, 3.63) is 36.5 Å². The number of hydrogen-bond donors (Lipinski definition) is 2. The van der Waals surface area contributed by atoms with Crippen molar-refractivity contribution < 1.29 is 19.7 Å². The fourth-order valence-corrected chi connectivity index (χ4v) is 2.70. The highest BCUT2D eigenvalue weighted by Gasteiger charge is 2.37. The third-order valence-corrected chi connectivity index (χ3v) is 4.18. The molecule has 0 spiro atoms. The fraction of sp³-hybridized carbons (Fsp3) is 0.650. The molecule has 0 aromatic heterocycles. The molecule has 24 heavy (non-hydrogen) atoms. The number of carboxylic acid groups (broad SMARTS) is 1. The van der Waals surface area contributed by atoms with E-state index in [0.29, 0.717) is 18.6 Å². The fourth-order valence-electron chi connectivity index (χ4n) is 2.70. The SMILES string of the molecule is CCCCCCCC[C@H]1O[C@@H]1CC[C@@H](O)C=CC=CC=CC(=O)O. The molecular formula is C20H32O4. The van der Waals surface area contributed by atoms with Crippen molar-refractivity contribution in [3.63, 3.8) is 0 Å². The Balaban J connectivity index is 2.00. The number of hydrogen-bond acceptors (Lipinski definition) is 3. The van der Waals surface area contributed by atoms with Crippen LogP contribution in [0.15, 0.2) is 36.5 Å². The predicted molar refractivity (Wildman–Crippen MR) is 97.0 cm³/mol. The molecule has 136 valence electrons. The maximum absolute atomic E-state index is 10.3. The van der Waals surface area contributed by atoms with Gasteiger partial charge in [-0.1, -0.05) is 75.8 Å². The Hall–Kier alpha value is -1.39. The molecule has 1 fully saturated rings. The van der Waals surface area contributed by atoms with Crippen LogP contribution in [-0.4, -0.2) is 34.5 Å². The molecule has 0 aromatic rings. The summed E-state index contributed by atoms with van der Waals surface area (Å²) in [4.78, 5) is 10.3. The number of aliphatic hydroxyl groups is 1. The van der Waals surface area contributed by atoms with E-state index in [4.69, 9.17) is 9.84 Å². The second-order valence-corrected chi connectivity index (χ2v) is 6.38. The minimum Gasteiger partial charge on any atom is -0.478 e. The van der Waals surface area contributed by atoms with Gasteiger partial charge in [0, 0.05) is 6.08 Å². The van der Waals surface area contributed by atoms with Crippen LogP contribution in [0.25, 0.3) is 0 Å². The second kappa shape index (κ2) is 13.0. The summed E-state index contributed by atoms with van der Waals surface area (Å²) in [5.74, 6) is -0.969. The summed E-state index contributed by atoms with van der Waals surface area (Å²) >= 11 is 0. The summed E-state index contributed by atoms with van der Waals surface area (Å²) in [6, 6.07) is 0. The standard InChI is InChI=1S/C20H32O4/c1-2-3-4-5-6-10-13-18-19(24-18)16-15-17(21)12-9-7-8-11-14-20(22)23/h7-9,11-12,14,17-19,21H,2-6,10,13,15-16H2,1H3,(H,22,23)/t17-,18+,19+/m0/s1. The van der Waals surface area contributed by atoms with Crippen LogP contribution in [0.1, 0.15) is 64.7 Å². The molecule has 1 aliphatic heterocycles. The van der Waals surface area contributed by atoms with Gasteiger partial charge in [0.15, 0.2) is 0 Å². The van der Waals surface area contributed by atoms with E-state index in [1.54, 1.807) is 24.3 Å². The van der Waals surface area contributed by atoms with Crippen molar-refractivity contribution in [1.82, 2.24) is 0 Å². The lowest BCUT2D eigenvalue weighted by molar-refractivity contribution is -0.131. The number of epoxide rings is 1. The highest BCUT2D eigenvalue weighted by molar-refractivity contribution is 5.80. The van der Waals surface area contributed by atoms with Crippen molar-refractivity contribution in [2.24, 2.45) is 0 Å². The normalized spacial score (nSPS) is 21.9. The molecule has 0 amide bonds. The zero-order chi connectivity index (χ0) is 17.6. The van der Waals surface area contributed by atoms with Gasteiger partial charge in [-0.25, -0.2) is 4.79 Å². The van der Waals surface area contributed by atoms with Gasteiger partial charge in [0.05, 0.1) is 18.3 Å². The van der Waals surface area contributed by atoms with Crippen molar-refractivity contribution in [3.8, 4) is 0 Å². The summed E-state index contributed by atoms with van der Waals surface area (Å²) < 4.78 is 5.66. The highest BCUT2D eigenvalue weighted by atomic mass is 16.6. The van der Waals surface area contributed by atoms with Crippen LogP contribution in [0.2, 0.25) is 0 Å². The lowest BCUT2D eigenvalue weighted by atomic mass is 10.0. The van der Waals surface area contributed by atoms with Crippen LogP contribution < -0.4 is 0 Å².